The highest BCUT2D eigenvalue weighted by Gasteiger charge is 2.26. The van der Waals surface area contributed by atoms with Crippen LogP contribution < -0.4 is 0 Å². The van der Waals surface area contributed by atoms with Crippen LogP contribution in [-0.2, 0) is 9.53 Å². The molecule has 0 saturated carbocycles. The Morgan fingerprint density at radius 3 is 2.19 bits per heavy atom. The minimum absolute atomic E-state index is 0.0509. The predicted octanol–water partition coefficient (Wildman–Crippen LogP) is 3.09. The molecule has 2 atom stereocenters. The van der Waals surface area contributed by atoms with Crippen molar-refractivity contribution in [2.24, 2.45) is 5.92 Å². The first kappa shape index (κ1) is 12.7. The van der Waals surface area contributed by atoms with Crippen molar-refractivity contribution < 1.29 is 13.9 Å². The second-order valence-corrected chi connectivity index (χ2v) is 4.13. The molecule has 1 aliphatic rings. The number of carbonyl (C=O) groups is 1. The maximum Gasteiger partial charge on any atom is 0.306 e. The number of ether oxygens (including phenoxy) is 1. The largest absolute Gasteiger partial charge is 0.462 e. The van der Waals surface area contributed by atoms with E-state index in [2.05, 4.69) is 0 Å². The van der Waals surface area contributed by atoms with Gasteiger partial charge >= 0.3 is 5.97 Å². The van der Waals surface area contributed by atoms with Gasteiger partial charge in [0, 0.05) is 5.92 Å². The van der Waals surface area contributed by atoms with Gasteiger partial charge in [-0.1, -0.05) is 25.1 Å². The average Bonchev–Trinajstić information content (AvgIpc) is 2.50. The van der Waals surface area contributed by atoms with E-state index in [1.807, 2.05) is 19.9 Å². The number of benzene rings is 1. The number of aryl methyl sites for hydroxylation is 1. The molecule has 16 heavy (non-hydrogen) atoms. The van der Waals surface area contributed by atoms with Gasteiger partial charge in [0.1, 0.15) is 11.9 Å². The molecular weight excluding hydrogens is 207 g/mol. The van der Waals surface area contributed by atoms with Crippen LogP contribution >= 0.6 is 0 Å². The molecule has 0 N–H and O–H groups in total. The monoisotopic (exact) mass is 224 g/mol. The van der Waals surface area contributed by atoms with Crippen LogP contribution in [0.5, 0.6) is 0 Å². The summed E-state index contributed by atoms with van der Waals surface area (Å²) >= 11 is 0. The molecule has 2 rings (SSSR count). The lowest BCUT2D eigenvalue weighted by molar-refractivity contribution is -0.140. The summed E-state index contributed by atoms with van der Waals surface area (Å²) in [6.07, 6.45) is 0.740. The fourth-order valence-electron chi connectivity index (χ4n) is 1.35. The lowest BCUT2D eigenvalue weighted by Crippen LogP contribution is -2.06. The van der Waals surface area contributed by atoms with E-state index in [1.165, 1.54) is 6.07 Å². The van der Waals surface area contributed by atoms with Crippen molar-refractivity contribution in [2.75, 3.05) is 0 Å². The van der Waals surface area contributed by atoms with Crippen molar-refractivity contribution in [1.29, 1.82) is 0 Å². The molecule has 0 aliphatic carbocycles. The molecule has 1 aromatic carbocycles. The zero-order valence-electron chi connectivity index (χ0n) is 9.87. The Hall–Kier alpha value is -1.38. The van der Waals surface area contributed by atoms with Crippen molar-refractivity contribution in [2.45, 2.75) is 33.3 Å². The van der Waals surface area contributed by atoms with E-state index in [9.17, 15) is 9.18 Å². The Morgan fingerprint density at radius 2 is 1.94 bits per heavy atom. The van der Waals surface area contributed by atoms with Crippen molar-refractivity contribution in [1.82, 2.24) is 0 Å². The Labute approximate surface area is 95.4 Å². The number of hydrogen-bond donors (Lipinski definition) is 0. The van der Waals surface area contributed by atoms with E-state index in [4.69, 9.17) is 4.74 Å². The van der Waals surface area contributed by atoms with E-state index in [-0.39, 0.29) is 17.9 Å². The van der Waals surface area contributed by atoms with Gasteiger partial charge in [-0.25, -0.2) is 4.39 Å². The second-order valence-electron chi connectivity index (χ2n) is 4.13. The molecule has 2 nitrogen and oxygen atoms in total. The standard InChI is InChI=1S/C7H7F.C6H10O2/c1-6-4-2-3-5-7(6)8;1-4-3-6(7)8-5(4)2/h2-5H,1H3;4-5H,3H2,1-2H3/t;4-,5?/m.0/s1. The number of hydrogen-bond acceptors (Lipinski definition) is 2. The third kappa shape index (κ3) is 3.65. The highest BCUT2D eigenvalue weighted by Crippen LogP contribution is 2.19. The molecule has 0 bridgehead atoms. The van der Waals surface area contributed by atoms with Crippen LogP contribution in [0.25, 0.3) is 0 Å². The molecule has 0 amide bonds. The number of rotatable bonds is 0. The SMILES string of the molecule is CC1OC(=O)C[C@@H]1C.Cc1ccccc1F. The summed E-state index contributed by atoms with van der Waals surface area (Å²) in [5, 5.41) is 0. The minimum atomic E-state index is -0.132. The van der Waals surface area contributed by atoms with Crippen LogP contribution in [0.3, 0.4) is 0 Å². The lowest BCUT2D eigenvalue weighted by atomic mass is 10.1. The Morgan fingerprint density at radius 1 is 1.31 bits per heavy atom. The maximum absolute atomic E-state index is 12.3. The van der Waals surface area contributed by atoms with Crippen LogP contribution in [0.4, 0.5) is 4.39 Å². The number of carbonyl (C=O) groups excluding carboxylic acids is 1. The highest BCUT2D eigenvalue weighted by molar-refractivity contribution is 5.71. The number of cyclic esters (lactones) is 1. The van der Waals surface area contributed by atoms with Crippen LogP contribution in [0.1, 0.15) is 25.8 Å². The number of halogens is 1. The third-order valence-corrected chi connectivity index (χ3v) is 2.68. The molecule has 1 unspecified atom stereocenters. The van der Waals surface area contributed by atoms with Crippen molar-refractivity contribution in [3.63, 3.8) is 0 Å². The summed E-state index contributed by atoms with van der Waals surface area (Å²) in [5.74, 6) is 0.236. The van der Waals surface area contributed by atoms with E-state index >= 15 is 0 Å². The van der Waals surface area contributed by atoms with Gasteiger partial charge in [0.15, 0.2) is 0 Å². The van der Waals surface area contributed by atoms with Gasteiger partial charge < -0.3 is 4.74 Å². The Kier molecular flexibility index (Phi) is 4.47. The van der Waals surface area contributed by atoms with E-state index in [0.717, 1.165) is 0 Å². The summed E-state index contributed by atoms with van der Waals surface area (Å²) in [6, 6.07) is 6.70. The molecule has 3 heteroatoms. The Balaban J connectivity index is 0.000000160. The molecule has 0 spiro atoms. The first-order valence-corrected chi connectivity index (χ1v) is 5.41. The van der Waals surface area contributed by atoms with Crippen molar-refractivity contribution in [3.8, 4) is 0 Å². The van der Waals surface area contributed by atoms with Gasteiger partial charge in [0.2, 0.25) is 0 Å². The van der Waals surface area contributed by atoms with Gasteiger partial charge in [0.25, 0.3) is 0 Å². The van der Waals surface area contributed by atoms with Gasteiger partial charge in [0.05, 0.1) is 6.42 Å². The highest BCUT2D eigenvalue weighted by atomic mass is 19.1. The molecule has 1 aromatic rings. The van der Waals surface area contributed by atoms with E-state index < -0.39 is 0 Å². The molecule has 0 radical (unpaired) electrons. The van der Waals surface area contributed by atoms with Crippen LogP contribution in [-0.4, -0.2) is 12.1 Å². The van der Waals surface area contributed by atoms with Crippen LogP contribution in [0.15, 0.2) is 24.3 Å². The fourth-order valence-corrected chi connectivity index (χ4v) is 1.35. The normalized spacial score (nSPS) is 23.4. The number of esters is 1. The fraction of sp³-hybridized carbons (Fsp3) is 0.462. The average molecular weight is 224 g/mol. The predicted molar refractivity (Wildman–Crippen MR) is 60.5 cm³/mol. The topological polar surface area (TPSA) is 26.3 Å². The summed E-state index contributed by atoms with van der Waals surface area (Å²) < 4.78 is 17.2. The second kappa shape index (κ2) is 5.64. The van der Waals surface area contributed by atoms with E-state index in [1.54, 1.807) is 19.1 Å². The van der Waals surface area contributed by atoms with Crippen molar-refractivity contribution >= 4 is 5.97 Å². The molecule has 88 valence electrons. The van der Waals surface area contributed by atoms with Gasteiger partial charge in [-0.15, -0.1) is 0 Å². The first-order valence-electron chi connectivity index (χ1n) is 5.41. The zero-order chi connectivity index (χ0) is 12.1. The van der Waals surface area contributed by atoms with Gasteiger partial charge in [-0.05, 0) is 25.5 Å². The summed E-state index contributed by atoms with van der Waals surface area (Å²) in [6.45, 7) is 5.69. The third-order valence-electron chi connectivity index (χ3n) is 2.68. The molecule has 1 fully saturated rings. The lowest BCUT2D eigenvalue weighted by Gasteiger charge is -2.03. The maximum atomic E-state index is 12.3. The zero-order valence-corrected chi connectivity index (χ0v) is 9.87. The quantitative estimate of drug-likeness (QED) is 0.633. The van der Waals surface area contributed by atoms with E-state index in [0.29, 0.717) is 17.9 Å². The first-order chi connectivity index (χ1) is 7.50. The molecule has 1 aliphatic heterocycles. The molecular formula is C13H17FO2. The summed E-state index contributed by atoms with van der Waals surface area (Å²) in [4.78, 5) is 10.4. The molecule has 0 aromatic heterocycles. The van der Waals surface area contributed by atoms with Crippen molar-refractivity contribution in [3.05, 3.63) is 35.6 Å². The molecule has 1 saturated heterocycles. The summed E-state index contributed by atoms with van der Waals surface area (Å²) in [7, 11) is 0. The van der Waals surface area contributed by atoms with Crippen LogP contribution in [0.2, 0.25) is 0 Å². The minimum Gasteiger partial charge on any atom is -0.462 e. The summed E-state index contributed by atoms with van der Waals surface area (Å²) in [5.41, 5.74) is 0.701. The Bertz CT molecular complexity index is 330. The van der Waals surface area contributed by atoms with Crippen LogP contribution in [0, 0.1) is 18.7 Å². The van der Waals surface area contributed by atoms with Gasteiger partial charge in [-0.3, -0.25) is 4.79 Å². The smallest absolute Gasteiger partial charge is 0.306 e. The van der Waals surface area contributed by atoms with Gasteiger partial charge in [-0.2, -0.15) is 0 Å². The molecule has 1 heterocycles.